The van der Waals surface area contributed by atoms with Crippen LogP contribution in [0.3, 0.4) is 0 Å². The first-order valence-electron chi connectivity index (χ1n) is 6.19. The molecule has 1 atom stereocenters. The van der Waals surface area contributed by atoms with Crippen LogP contribution >= 0.6 is 0 Å². The highest BCUT2D eigenvalue weighted by atomic mass is 15.0. The van der Waals surface area contributed by atoms with Gasteiger partial charge in [-0.3, -0.25) is 0 Å². The lowest BCUT2D eigenvalue weighted by molar-refractivity contribution is 0.641. The molecule has 3 nitrogen and oxygen atoms in total. The molecule has 1 saturated heterocycles. The fraction of sp³-hybridized carbons (Fsp3) is 0.615. The van der Waals surface area contributed by atoms with Crippen LogP contribution in [0.5, 0.6) is 0 Å². The number of nitrogens with one attached hydrogen (secondary N) is 2. The van der Waals surface area contributed by atoms with Crippen molar-refractivity contribution in [1.29, 1.82) is 0 Å². The van der Waals surface area contributed by atoms with Gasteiger partial charge in [0.2, 0.25) is 0 Å². The van der Waals surface area contributed by atoms with Crippen LogP contribution in [0.2, 0.25) is 0 Å². The third kappa shape index (κ3) is 2.73. The molecule has 1 aliphatic heterocycles. The third-order valence-corrected chi connectivity index (χ3v) is 2.95. The Morgan fingerprint density at radius 2 is 2.44 bits per heavy atom. The van der Waals surface area contributed by atoms with Crippen LogP contribution in [-0.4, -0.2) is 18.1 Å². The first-order valence-corrected chi connectivity index (χ1v) is 6.19. The van der Waals surface area contributed by atoms with Gasteiger partial charge in [0.15, 0.2) is 0 Å². The molecular weight excluding hydrogens is 198 g/mol. The molecule has 2 heterocycles. The summed E-state index contributed by atoms with van der Waals surface area (Å²) in [4.78, 5) is 4.44. The number of hydrogen-bond acceptors (Lipinski definition) is 3. The molecule has 3 heteroatoms. The quantitative estimate of drug-likeness (QED) is 0.817. The maximum atomic E-state index is 4.44. The SMILES string of the molecule is CC(C)CNc1ncccc1[C@H]1CCCN1. The van der Waals surface area contributed by atoms with Crippen LogP contribution in [0.15, 0.2) is 18.3 Å². The van der Waals surface area contributed by atoms with Crippen LogP contribution in [0.25, 0.3) is 0 Å². The standard InChI is InChI=1S/C13H21N3/c1-10(2)9-16-13-11(5-3-8-15-13)12-6-4-7-14-12/h3,5,8,10,12,14H,4,6-7,9H2,1-2H3,(H,15,16)/t12-/m1/s1. The first-order chi connectivity index (χ1) is 7.77. The molecule has 1 fully saturated rings. The third-order valence-electron chi connectivity index (χ3n) is 2.95. The summed E-state index contributed by atoms with van der Waals surface area (Å²) in [7, 11) is 0. The van der Waals surface area contributed by atoms with Crippen molar-refractivity contribution in [2.45, 2.75) is 32.7 Å². The molecule has 0 radical (unpaired) electrons. The van der Waals surface area contributed by atoms with Crippen LogP contribution in [0.1, 0.15) is 38.3 Å². The van der Waals surface area contributed by atoms with E-state index in [1.165, 1.54) is 18.4 Å². The minimum absolute atomic E-state index is 0.489. The Balaban J connectivity index is 2.10. The highest BCUT2D eigenvalue weighted by molar-refractivity contribution is 5.46. The molecule has 0 aromatic carbocycles. The summed E-state index contributed by atoms with van der Waals surface area (Å²) < 4.78 is 0. The molecule has 0 spiro atoms. The summed E-state index contributed by atoms with van der Waals surface area (Å²) in [6.45, 7) is 6.53. The van der Waals surface area contributed by atoms with Gasteiger partial charge in [-0.05, 0) is 31.4 Å². The summed E-state index contributed by atoms with van der Waals surface area (Å²) in [6.07, 6.45) is 4.35. The van der Waals surface area contributed by atoms with E-state index in [2.05, 4.69) is 35.5 Å². The molecule has 1 aromatic rings. The maximum absolute atomic E-state index is 4.44. The molecule has 2 rings (SSSR count). The molecule has 1 aliphatic rings. The number of nitrogens with zero attached hydrogens (tertiary/aromatic N) is 1. The van der Waals surface area contributed by atoms with Gasteiger partial charge in [-0.1, -0.05) is 19.9 Å². The first kappa shape index (κ1) is 11.4. The second kappa shape index (κ2) is 5.30. The average molecular weight is 219 g/mol. The molecule has 0 amide bonds. The van der Waals surface area contributed by atoms with E-state index in [0.29, 0.717) is 12.0 Å². The van der Waals surface area contributed by atoms with Crippen molar-refractivity contribution in [1.82, 2.24) is 10.3 Å². The summed E-state index contributed by atoms with van der Waals surface area (Å²) in [6, 6.07) is 4.69. The number of anilines is 1. The van der Waals surface area contributed by atoms with E-state index < -0.39 is 0 Å². The van der Waals surface area contributed by atoms with E-state index in [-0.39, 0.29) is 0 Å². The zero-order valence-corrected chi connectivity index (χ0v) is 10.2. The van der Waals surface area contributed by atoms with E-state index in [0.717, 1.165) is 18.9 Å². The van der Waals surface area contributed by atoms with Gasteiger partial charge in [0.1, 0.15) is 5.82 Å². The highest BCUT2D eigenvalue weighted by Crippen LogP contribution is 2.27. The molecule has 0 unspecified atom stereocenters. The molecule has 1 aromatic heterocycles. The second-order valence-electron chi connectivity index (χ2n) is 4.86. The van der Waals surface area contributed by atoms with Gasteiger partial charge in [-0.15, -0.1) is 0 Å². The van der Waals surface area contributed by atoms with Gasteiger partial charge in [0.25, 0.3) is 0 Å². The summed E-state index contributed by atoms with van der Waals surface area (Å²) in [5.41, 5.74) is 1.32. The number of pyridine rings is 1. The molecule has 16 heavy (non-hydrogen) atoms. The van der Waals surface area contributed by atoms with Crippen LogP contribution < -0.4 is 10.6 Å². The molecule has 2 N–H and O–H groups in total. The van der Waals surface area contributed by atoms with Crippen molar-refractivity contribution in [3.63, 3.8) is 0 Å². The Morgan fingerprint density at radius 1 is 1.56 bits per heavy atom. The van der Waals surface area contributed by atoms with Crippen molar-refractivity contribution in [2.24, 2.45) is 5.92 Å². The molecule has 0 aliphatic carbocycles. The van der Waals surface area contributed by atoms with Crippen LogP contribution in [-0.2, 0) is 0 Å². The van der Waals surface area contributed by atoms with Gasteiger partial charge in [-0.25, -0.2) is 4.98 Å². The fourth-order valence-corrected chi connectivity index (χ4v) is 2.10. The van der Waals surface area contributed by atoms with Gasteiger partial charge in [-0.2, -0.15) is 0 Å². The molecular formula is C13H21N3. The lowest BCUT2D eigenvalue weighted by atomic mass is 10.1. The molecule has 88 valence electrons. The second-order valence-corrected chi connectivity index (χ2v) is 4.86. The Morgan fingerprint density at radius 3 is 3.12 bits per heavy atom. The number of aromatic nitrogens is 1. The molecule has 0 bridgehead atoms. The van der Waals surface area contributed by atoms with Gasteiger partial charge in [0, 0.05) is 24.3 Å². The van der Waals surface area contributed by atoms with E-state index in [9.17, 15) is 0 Å². The largest absolute Gasteiger partial charge is 0.370 e. The van der Waals surface area contributed by atoms with Crippen molar-refractivity contribution < 1.29 is 0 Å². The smallest absolute Gasteiger partial charge is 0.130 e. The lowest BCUT2D eigenvalue weighted by Gasteiger charge is -2.16. The van der Waals surface area contributed by atoms with E-state index in [4.69, 9.17) is 0 Å². The van der Waals surface area contributed by atoms with Crippen molar-refractivity contribution in [3.05, 3.63) is 23.9 Å². The fourth-order valence-electron chi connectivity index (χ4n) is 2.10. The van der Waals surface area contributed by atoms with Gasteiger partial charge < -0.3 is 10.6 Å². The minimum Gasteiger partial charge on any atom is -0.370 e. The zero-order chi connectivity index (χ0) is 11.4. The van der Waals surface area contributed by atoms with Gasteiger partial charge >= 0.3 is 0 Å². The average Bonchev–Trinajstić information content (AvgIpc) is 2.80. The van der Waals surface area contributed by atoms with Crippen molar-refractivity contribution >= 4 is 5.82 Å². The van der Waals surface area contributed by atoms with E-state index in [1.807, 2.05) is 12.3 Å². The Bertz CT molecular complexity index is 330. The molecule has 0 saturated carbocycles. The summed E-state index contributed by atoms with van der Waals surface area (Å²) >= 11 is 0. The van der Waals surface area contributed by atoms with Crippen LogP contribution in [0, 0.1) is 5.92 Å². The van der Waals surface area contributed by atoms with Crippen LogP contribution in [0.4, 0.5) is 5.82 Å². The maximum Gasteiger partial charge on any atom is 0.130 e. The summed E-state index contributed by atoms with van der Waals surface area (Å²) in [5.74, 6) is 1.70. The van der Waals surface area contributed by atoms with Gasteiger partial charge in [0.05, 0.1) is 0 Å². The van der Waals surface area contributed by atoms with Crippen molar-refractivity contribution in [3.8, 4) is 0 Å². The Labute approximate surface area is 97.7 Å². The predicted octanol–water partition coefficient (Wildman–Crippen LogP) is 2.57. The predicted molar refractivity (Wildman–Crippen MR) is 67.5 cm³/mol. The van der Waals surface area contributed by atoms with Crippen molar-refractivity contribution in [2.75, 3.05) is 18.4 Å². The normalized spacial score (nSPS) is 20.3. The highest BCUT2D eigenvalue weighted by Gasteiger charge is 2.19. The van der Waals surface area contributed by atoms with E-state index >= 15 is 0 Å². The Hall–Kier alpha value is -1.09. The van der Waals surface area contributed by atoms with E-state index in [1.54, 1.807) is 0 Å². The zero-order valence-electron chi connectivity index (χ0n) is 10.2. The lowest BCUT2D eigenvalue weighted by Crippen LogP contribution is -2.17. The number of rotatable bonds is 4. The number of hydrogen-bond donors (Lipinski definition) is 2. The minimum atomic E-state index is 0.489. The Kier molecular flexibility index (Phi) is 3.78. The monoisotopic (exact) mass is 219 g/mol. The topological polar surface area (TPSA) is 37.0 Å². The summed E-state index contributed by atoms with van der Waals surface area (Å²) in [5, 5.41) is 6.96.